The van der Waals surface area contributed by atoms with E-state index in [1.165, 1.54) is 0 Å². The van der Waals surface area contributed by atoms with E-state index in [0.717, 1.165) is 12.1 Å². The fourth-order valence-electron chi connectivity index (χ4n) is 1.14. The lowest BCUT2D eigenvalue weighted by Gasteiger charge is -2.11. The minimum atomic E-state index is -0.479. The molecular weight excluding hydrogens is 164 g/mol. The van der Waals surface area contributed by atoms with Gasteiger partial charge >= 0.3 is 0 Å². The van der Waals surface area contributed by atoms with Gasteiger partial charge in [-0.25, -0.2) is 0 Å². The van der Waals surface area contributed by atoms with Gasteiger partial charge in [0.1, 0.15) is 0 Å². The Morgan fingerprint density at radius 2 is 2.00 bits per heavy atom. The Balaban J connectivity index is 2.66. The highest BCUT2D eigenvalue weighted by atomic mass is 16.3. The Bertz CT molecular complexity index is 256. The maximum absolute atomic E-state index is 9.68. The SMILES string of the molecule is Cc1cnc(C(O)CC(C)C)cn1. The molecule has 0 spiro atoms. The van der Waals surface area contributed by atoms with Gasteiger partial charge in [0.2, 0.25) is 0 Å². The topological polar surface area (TPSA) is 46.0 Å². The van der Waals surface area contributed by atoms with E-state index in [0.29, 0.717) is 11.6 Å². The van der Waals surface area contributed by atoms with Crippen LogP contribution in [0.5, 0.6) is 0 Å². The second-order valence-corrected chi connectivity index (χ2v) is 3.73. The largest absolute Gasteiger partial charge is 0.387 e. The van der Waals surface area contributed by atoms with E-state index >= 15 is 0 Å². The summed E-state index contributed by atoms with van der Waals surface area (Å²) in [6.45, 7) is 6.03. The van der Waals surface area contributed by atoms with Crippen molar-refractivity contribution in [2.75, 3.05) is 0 Å². The molecule has 1 rings (SSSR count). The highest BCUT2D eigenvalue weighted by molar-refractivity contribution is 5.03. The molecule has 1 aromatic rings. The Morgan fingerprint density at radius 3 is 2.46 bits per heavy atom. The van der Waals surface area contributed by atoms with Gasteiger partial charge < -0.3 is 5.11 Å². The molecule has 0 amide bonds. The highest BCUT2D eigenvalue weighted by Crippen LogP contribution is 2.17. The summed E-state index contributed by atoms with van der Waals surface area (Å²) >= 11 is 0. The molecule has 0 saturated carbocycles. The fraction of sp³-hybridized carbons (Fsp3) is 0.600. The molecule has 13 heavy (non-hydrogen) atoms. The third-order valence-electron chi connectivity index (χ3n) is 1.84. The molecule has 0 aromatic carbocycles. The summed E-state index contributed by atoms with van der Waals surface area (Å²) in [5.41, 5.74) is 1.54. The molecule has 0 aliphatic heterocycles. The monoisotopic (exact) mass is 180 g/mol. The van der Waals surface area contributed by atoms with Crippen molar-refractivity contribution in [2.24, 2.45) is 5.92 Å². The number of hydrogen-bond acceptors (Lipinski definition) is 3. The fourth-order valence-corrected chi connectivity index (χ4v) is 1.14. The summed E-state index contributed by atoms with van der Waals surface area (Å²) in [5.74, 6) is 0.470. The number of hydrogen-bond donors (Lipinski definition) is 1. The number of rotatable bonds is 3. The van der Waals surface area contributed by atoms with Crippen LogP contribution >= 0.6 is 0 Å². The summed E-state index contributed by atoms with van der Waals surface area (Å²) in [5, 5.41) is 9.68. The van der Waals surface area contributed by atoms with Crippen LogP contribution in [0.1, 0.15) is 37.8 Å². The zero-order valence-electron chi connectivity index (χ0n) is 8.36. The van der Waals surface area contributed by atoms with E-state index in [4.69, 9.17) is 0 Å². The van der Waals surface area contributed by atoms with Gasteiger partial charge in [-0.3, -0.25) is 9.97 Å². The van der Waals surface area contributed by atoms with Gasteiger partial charge in [-0.05, 0) is 19.3 Å². The second kappa shape index (κ2) is 4.33. The van der Waals surface area contributed by atoms with Gasteiger partial charge in [0.25, 0.3) is 0 Å². The van der Waals surface area contributed by atoms with Crippen LogP contribution in [0, 0.1) is 12.8 Å². The third-order valence-corrected chi connectivity index (χ3v) is 1.84. The first-order valence-corrected chi connectivity index (χ1v) is 4.56. The normalized spacial score (nSPS) is 13.3. The van der Waals surface area contributed by atoms with Crippen LogP contribution in [-0.4, -0.2) is 15.1 Å². The number of aliphatic hydroxyl groups is 1. The standard InChI is InChI=1S/C10H16N2O/c1-7(2)4-10(13)9-6-11-8(3)5-12-9/h5-7,10,13H,4H2,1-3H3. The molecular formula is C10H16N2O. The molecule has 0 radical (unpaired) electrons. The van der Waals surface area contributed by atoms with Crippen LogP contribution in [0.4, 0.5) is 0 Å². The van der Waals surface area contributed by atoms with Gasteiger partial charge in [0, 0.05) is 6.20 Å². The van der Waals surface area contributed by atoms with Crippen molar-refractivity contribution in [3.05, 3.63) is 23.8 Å². The minimum absolute atomic E-state index is 0.470. The van der Waals surface area contributed by atoms with E-state index in [-0.39, 0.29) is 0 Å². The molecule has 1 unspecified atom stereocenters. The molecule has 1 N–H and O–H groups in total. The van der Waals surface area contributed by atoms with Gasteiger partial charge in [-0.15, -0.1) is 0 Å². The van der Waals surface area contributed by atoms with Crippen molar-refractivity contribution in [3.63, 3.8) is 0 Å². The molecule has 0 bridgehead atoms. The lowest BCUT2D eigenvalue weighted by Crippen LogP contribution is -2.04. The van der Waals surface area contributed by atoms with E-state index in [1.807, 2.05) is 6.92 Å². The van der Waals surface area contributed by atoms with Crippen LogP contribution in [0.15, 0.2) is 12.4 Å². The zero-order chi connectivity index (χ0) is 9.84. The zero-order valence-corrected chi connectivity index (χ0v) is 8.36. The molecule has 1 atom stereocenters. The van der Waals surface area contributed by atoms with E-state index in [1.54, 1.807) is 12.4 Å². The number of aromatic nitrogens is 2. The Kier molecular flexibility index (Phi) is 3.37. The van der Waals surface area contributed by atoms with Gasteiger partial charge in [-0.1, -0.05) is 13.8 Å². The first-order chi connectivity index (χ1) is 6.09. The number of aryl methyl sites for hydroxylation is 1. The van der Waals surface area contributed by atoms with Crippen LogP contribution in [0.3, 0.4) is 0 Å². The van der Waals surface area contributed by atoms with Crippen LogP contribution in [-0.2, 0) is 0 Å². The summed E-state index contributed by atoms with van der Waals surface area (Å²) in [4.78, 5) is 8.20. The average Bonchev–Trinajstić information content (AvgIpc) is 2.04. The van der Waals surface area contributed by atoms with E-state index in [2.05, 4.69) is 23.8 Å². The third kappa shape index (κ3) is 3.11. The first kappa shape index (κ1) is 10.1. The Labute approximate surface area is 78.9 Å². The minimum Gasteiger partial charge on any atom is -0.387 e. The smallest absolute Gasteiger partial charge is 0.0977 e. The maximum atomic E-state index is 9.68. The molecule has 3 heteroatoms. The summed E-state index contributed by atoms with van der Waals surface area (Å²) in [6, 6.07) is 0. The van der Waals surface area contributed by atoms with Gasteiger partial charge in [0.05, 0.1) is 23.7 Å². The molecule has 0 aliphatic carbocycles. The lowest BCUT2D eigenvalue weighted by molar-refractivity contribution is 0.146. The van der Waals surface area contributed by atoms with Crippen molar-refractivity contribution in [1.29, 1.82) is 0 Å². The predicted octanol–water partition coefficient (Wildman–Crippen LogP) is 1.86. The molecule has 0 aliphatic rings. The number of nitrogens with zero attached hydrogens (tertiary/aromatic N) is 2. The molecule has 0 saturated heterocycles. The second-order valence-electron chi connectivity index (χ2n) is 3.73. The van der Waals surface area contributed by atoms with E-state index in [9.17, 15) is 5.11 Å². The maximum Gasteiger partial charge on any atom is 0.0977 e. The quantitative estimate of drug-likeness (QED) is 0.772. The molecule has 3 nitrogen and oxygen atoms in total. The molecule has 72 valence electrons. The Hall–Kier alpha value is -0.960. The summed E-state index contributed by atoms with van der Waals surface area (Å²) < 4.78 is 0. The molecule has 1 heterocycles. The van der Waals surface area contributed by atoms with Crippen molar-refractivity contribution >= 4 is 0 Å². The van der Waals surface area contributed by atoms with Crippen LogP contribution < -0.4 is 0 Å². The van der Waals surface area contributed by atoms with Crippen molar-refractivity contribution in [1.82, 2.24) is 9.97 Å². The molecule has 0 fully saturated rings. The average molecular weight is 180 g/mol. The van der Waals surface area contributed by atoms with Gasteiger partial charge in [0.15, 0.2) is 0 Å². The Morgan fingerprint density at radius 1 is 1.31 bits per heavy atom. The van der Waals surface area contributed by atoms with E-state index < -0.39 is 6.10 Å². The summed E-state index contributed by atoms with van der Waals surface area (Å²) in [7, 11) is 0. The highest BCUT2D eigenvalue weighted by Gasteiger charge is 2.10. The van der Waals surface area contributed by atoms with Crippen LogP contribution in [0.2, 0.25) is 0 Å². The molecule has 1 aromatic heterocycles. The first-order valence-electron chi connectivity index (χ1n) is 4.56. The summed E-state index contributed by atoms with van der Waals surface area (Å²) in [6.07, 6.45) is 3.58. The van der Waals surface area contributed by atoms with Crippen molar-refractivity contribution in [3.8, 4) is 0 Å². The van der Waals surface area contributed by atoms with Crippen molar-refractivity contribution in [2.45, 2.75) is 33.3 Å². The van der Waals surface area contributed by atoms with Crippen LogP contribution in [0.25, 0.3) is 0 Å². The predicted molar refractivity (Wildman–Crippen MR) is 51.2 cm³/mol. The van der Waals surface area contributed by atoms with Crippen molar-refractivity contribution < 1.29 is 5.11 Å². The lowest BCUT2D eigenvalue weighted by atomic mass is 10.0. The van der Waals surface area contributed by atoms with Gasteiger partial charge in [-0.2, -0.15) is 0 Å². The number of aliphatic hydroxyl groups excluding tert-OH is 1.